The second kappa shape index (κ2) is 10.2. The van der Waals surface area contributed by atoms with Crippen molar-refractivity contribution in [2.75, 3.05) is 24.6 Å². The molecule has 0 saturated carbocycles. The van der Waals surface area contributed by atoms with Gasteiger partial charge in [0.2, 0.25) is 0 Å². The molecule has 1 aromatic carbocycles. The first-order valence-corrected chi connectivity index (χ1v) is 10.4. The van der Waals surface area contributed by atoms with E-state index in [1.807, 2.05) is 27.7 Å². The minimum atomic E-state index is -4.68. The van der Waals surface area contributed by atoms with E-state index < -0.39 is 34.2 Å². The largest absolute Gasteiger partial charge is 0.455 e. The van der Waals surface area contributed by atoms with E-state index in [0.29, 0.717) is 18.9 Å². The summed E-state index contributed by atoms with van der Waals surface area (Å²) in [6, 6.07) is 2.35. The summed E-state index contributed by atoms with van der Waals surface area (Å²) in [6.07, 6.45) is -4.06. The zero-order chi connectivity index (χ0) is 24.2. The van der Waals surface area contributed by atoms with Crippen LogP contribution in [0.3, 0.4) is 0 Å². The number of anilines is 1. The topological polar surface area (TPSA) is 93.0 Å². The maximum Gasteiger partial charge on any atom is 0.416 e. The molecule has 2 rings (SSSR count). The zero-order valence-electron chi connectivity index (χ0n) is 18.5. The normalized spacial score (nSPS) is 15.2. The molecule has 0 aliphatic carbocycles. The quantitative estimate of drug-likeness (QED) is 0.347. The molecule has 1 heterocycles. The van der Waals surface area contributed by atoms with Crippen LogP contribution in [-0.4, -0.2) is 53.5 Å². The van der Waals surface area contributed by atoms with E-state index in [4.69, 9.17) is 4.74 Å². The molecule has 178 valence electrons. The number of amides is 1. The van der Waals surface area contributed by atoms with Gasteiger partial charge in [-0.2, -0.15) is 13.2 Å². The lowest BCUT2D eigenvalue weighted by atomic mass is 9.96. The number of esters is 1. The second-order valence-electron chi connectivity index (χ2n) is 8.32. The van der Waals surface area contributed by atoms with Crippen molar-refractivity contribution in [3.05, 3.63) is 33.9 Å². The van der Waals surface area contributed by atoms with Crippen molar-refractivity contribution in [2.45, 2.75) is 58.8 Å². The van der Waals surface area contributed by atoms with Gasteiger partial charge in [0.15, 0.2) is 6.61 Å². The number of rotatable bonds is 7. The highest BCUT2D eigenvalue weighted by Crippen LogP contribution is 2.37. The van der Waals surface area contributed by atoms with Crippen molar-refractivity contribution in [1.29, 1.82) is 0 Å². The molecule has 1 aromatic rings. The van der Waals surface area contributed by atoms with Crippen molar-refractivity contribution in [3.63, 3.8) is 0 Å². The Morgan fingerprint density at radius 2 is 1.75 bits per heavy atom. The van der Waals surface area contributed by atoms with Crippen molar-refractivity contribution < 1.29 is 32.4 Å². The minimum absolute atomic E-state index is 0.0380. The van der Waals surface area contributed by atoms with Crippen LogP contribution in [0.15, 0.2) is 18.2 Å². The molecule has 0 unspecified atom stereocenters. The molecule has 1 fully saturated rings. The number of carbonyl (C=O) groups excluding carboxylic acids is 2. The zero-order valence-corrected chi connectivity index (χ0v) is 18.5. The summed E-state index contributed by atoms with van der Waals surface area (Å²) in [5.74, 6) is -1.30. The predicted molar refractivity (Wildman–Crippen MR) is 111 cm³/mol. The third-order valence-electron chi connectivity index (χ3n) is 5.41. The van der Waals surface area contributed by atoms with Crippen LogP contribution in [0.2, 0.25) is 0 Å². The molecule has 1 aliphatic heterocycles. The second-order valence-corrected chi connectivity index (χ2v) is 8.32. The van der Waals surface area contributed by atoms with Gasteiger partial charge in [0, 0.05) is 31.2 Å². The van der Waals surface area contributed by atoms with Crippen LogP contribution >= 0.6 is 0 Å². The summed E-state index contributed by atoms with van der Waals surface area (Å²) in [4.78, 5) is 38.4. The van der Waals surface area contributed by atoms with Crippen LogP contribution < -0.4 is 4.90 Å². The molecule has 0 spiro atoms. The monoisotopic (exact) mass is 459 g/mol. The SMILES string of the molecule is CC(C)N(C(=O)COC(=O)C1CCN(c2ccc(C(F)(F)F)cc2[N+](=O)[O-])CC1)C(C)C. The number of piperidine rings is 1. The molecule has 1 amide bonds. The summed E-state index contributed by atoms with van der Waals surface area (Å²) in [6.45, 7) is 7.60. The summed E-state index contributed by atoms with van der Waals surface area (Å²) in [5, 5.41) is 11.3. The van der Waals surface area contributed by atoms with E-state index in [1.54, 1.807) is 9.80 Å². The van der Waals surface area contributed by atoms with Crippen molar-refractivity contribution in [2.24, 2.45) is 5.92 Å². The number of halogens is 3. The number of hydrogen-bond donors (Lipinski definition) is 0. The average Bonchev–Trinajstić information content (AvgIpc) is 2.70. The Bertz CT molecular complexity index is 842. The van der Waals surface area contributed by atoms with Gasteiger partial charge in [0.1, 0.15) is 5.69 Å². The van der Waals surface area contributed by atoms with Gasteiger partial charge >= 0.3 is 12.1 Å². The molecule has 8 nitrogen and oxygen atoms in total. The Morgan fingerprint density at radius 3 is 2.22 bits per heavy atom. The van der Waals surface area contributed by atoms with Gasteiger partial charge in [-0.05, 0) is 52.7 Å². The summed E-state index contributed by atoms with van der Waals surface area (Å²) in [5.41, 5.74) is -1.64. The standard InChI is InChI=1S/C21H28F3N3O5/c1-13(2)26(14(3)4)19(28)12-32-20(29)15-7-9-25(10-8-15)17-6-5-16(21(22,23)24)11-18(17)27(30)31/h5-6,11,13-15H,7-10,12H2,1-4H3. The fraction of sp³-hybridized carbons (Fsp3) is 0.619. The number of nitro benzene ring substituents is 1. The molecule has 1 saturated heterocycles. The molecule has 0 radical (unpaired) electrons. The van der Waals surface area contributed by atoms with Gasteiger partial charge in [0.25, 0.3) is 11.6 Å². The van der Waals surface area contributed by atoms with Crippen LogP contribution in [0.25, 0.3) is 0 Å². The van der Waals surface area contributed by atoms with Gasteiger partial charge in [-0.25, -0.2) is 0 Å². The number of alkyl halides is 3. The van der Waals surface area contributed by atoms with Gasteiger partial charge in [-0.15, -0.1) is 0 Å². The fourth-order valence-corrected chi connectivity index (χ4v) is 3.97. The molecule has 11 heteroatoms. The van der Waals surface area contributed by atoms with Crippen LogP contribution in [-0.2, 0) is 20.5 Å². The average molecular weight is 459 g/mol. The molecular formula is C21H28F3N3O5. The first kappa shape index (κ1) is 25.4. The molecule has 0 N–H and O–H groups in total. The molecular weight excluding hydrogens is 431 g/mol. The number of nitro groups is 1. The third kappa shape index (κ3) is 6.10. The smallest absolute Gasteiger partial charge is 0.416 e. The van der Waals surface area contributed by atoms with Crippen LogP contribution in [0.5, 0.6) is 0 Å². The van der Waals surface area contributed by atoms with Crippen molar-refractivity contribution in [3.8, 4) is 0 Å². The van der Waals surface area contributed by atoms with Gasteiger partial charge in [0.05, 0.1) is 16.4 Å². The summed E-state index contributed by atoms with van der Waals surface area (Å²) >= 11 is 0. The highest BCUT2D eigenvalue weighted by molar-refractivity contribution is 5.82. The Morgan fingerprint density at radius 1 is 1.19 bits per heavy atom. The van der Waals surface area contributed by atoms with Crippen molar-refractivity contribution >= 4 is 23.3 Å². The van der Waals surface area contributed by atoms with E-state index >= 15 is 0 Å². The Kier molecular flexibility index (Phi) is 8.08. The molecule has 0 aromatic heterocycles. The minimum Gasteiger partial charge on any atom is -0.455 e. The van der Waals surface area contributed by atoms with Gasteiger partial charge in [-0.1, -0.05) is 0 Å². The highest BCUT2D eigenvalue weighted by Gasteiger charge is 2.35. The highest BCUT2D eigenvalue weighted by atomic mass is 19.4. The van der Waals surface area contributed by atoms with E-state index in [1.165, 1.54) is 0 Å². The number of benzene rings is 1. The predicted octanol–water partition coefficient (Wildman–Crippen LogP) is 4.02. The Hall–Kier alpha value is -2.85. The summed E-state index contributed by atoms with van der Waals surface area (Å²) < 4.78 is 43.9. The van der Waals surface area contributed by atoms with E-state index in [9.17, 15) is 32.9 Å². The lowest BCUT2D eigenvalue weighted by Gasteiger charge is -2.33. The lowest BCUT2D eigenvalue weighted by molar-refractivity contribution is -0.384. The number of ether oxygens (including phenoxy) is 1. The van der Waals surface area contributed by atoms with Crippen LogP contribution in [0.1, 0.15) is 46.1 Å². The lowest BCUT2D eigenvalue weighted by Crippen LogP contribution is -2.44. The molecule has 0 atom stereocenters. The van der Waals surface area contributed by atoms with Gasteiger partial charge < -0.3 is 14.5 Å². The molecule has 32 heavy (non-hydrogen) atoms. The fourth-order valence-electron chi connectivity index (χ4n) is 3.97. The number of nitrogens with zero attached hydrogens (tertiary/aromatic N) is 3. The van der Waals surface area contributed by atoms with Gasteiger partial charge in [-0.3, -0.25) is 19.7 Å². The number of hydrogen-bond acceptors (Lipinski definition) is 6. The van der Waals surface area contributed by atoms with E-state index in [0.717, 1.165) is 12.1 Å². The Labute approximate surface area is 184 Å². The molecule has 0 bridgehead atoms. The third-order valence-corrected chi connectivity index (χ3v) is 5.41. The maximum atomic E-state index is 12.9. The first-order chi connectivity index (χ1) is 14.8. The Balaban J connectivity index is 1.99. The summed E-state index contributed by atoms with van der Waals surface area (Å²) in [7, 11) is 0. The van der Waals surface area contributed by atoms with Crippen molar-refractivity contribution in [1.82, 2.24) is 4.90 Å². The van der Waals surface area contributed by atoms with Crippen LogP contribution in [0.4, 0.5) is 24.5 Å². The molecule has 1 aliphatic rings. The first-order valence-electron chi connectivity index (χ1n) is 10.4. The van der Waals surface area contributed by atoms with Crippen LogP contribution in [0, 0.1) is 16.0 Å². The number of carbonyl (C=O) groups is 2. The van der Waals surface area contributed by atoms with E-state index in [-0.39, 0.29) is 43.4 Å². The maximum absolute atomic E-state index is 12.9. The van der Waals surface area contributed by atoms with E-state index in [2.05, 4.69) is 0 Å².